The Morgan fingerprint density at radius 3 is 2.85 bits per heavy atom. The Kier molecular flexibility index (Phi) is 3.59. The van der Waals surface area contributed by atoms with E-state index in [1.165, 1.54) is 6.07 Å². The SMILES string of the molecule is Fc1cccc(CCn2c(=S)[nH]c3cc(Cl)ccc32)c1. The van der Waals surface area contributed by atoms with Gasteiger partial charge < -0.3 is 9.55 Å². The molecule has 0 aliphatic rings. The maximum atomic E-state index is 13.2. The van der Waals surface area contributed by atoms with Crippen LogP contribution < -0.4 is 0 Å². The van der Waals surface area contributed by atoms with Crippen LogP contribution >= 0.6 is 23.8 Å². The van der Waals surface area contributed by atoms with Crippen molar-refractivity contribution in [1.29, 1.82) is 0 Å². The summed E-state index contributed by atoms with van der Waals surface area (Å²) >= 11 is 11.3. The Morgan fingerprint density at radius 1 is 1.20 bits per heavy atom. The van der Waals surface area contributed by atoms with Crippen molar-refractivity contribution in [3.8, 4) is 0 Å². The number of nitrogens with one attached hydrogen (secondary N) is 1. The minimum Gasteiger partial charge on any atom is -0.331 e. The van der Waals surface area contributed by atoms with Crippen LogP contribution in [-0.2, 0) is 13.0 Å². The highest BCUT2D eigenvalue weighted by Crippen LogP contribution is 2.19. The predicted molar refractivity (Wildman–Crippen MR) is 82.2 cm³/mol. The molecule has 0 saturated heterocycles. The maximum absolute atomic E-state index is 13.2. The van der Waals surface area contributed by atoms with Gasteiger partial charge in [-0.1, -0.05) is 23.7 Å². The molecule has 2 nitrogen and oxygen atoms in total. The van der Waals surface area contributed by atoms with Gasteiger partial charge in [-0.2, -0.15) is 0 Å². The first-order valence-corrected chi connectivity index (χ1v) is 7.04. The number of hydrogen-bond acceptors (Lipinski definition) is 1. The van der Waals surface area contributed by atoms with Crippen LogP contribution in [0.5, 0.6) is 0 Å². The molecule has 0 unspecified atom stereocenters. The van der Waals surface area contributed by atoms with Crippen LogP contribution in [0.4, 0.5) is 4.39 Å². The van der Waals surface area contributed by atoms with Crippen molar-refractivity contribution in [1.82, 2.24) is 9.55 Å². The zero-order valence-corrected chi connectivity index (χ0v) is 12.1. The van der Waals surface area contributed by atoms with Gasteiger partial charge in [-0.25, -0.2) is 4.39 Å². The minimum absolute atomic E-state index is 0.211. The van der Waals surface area contributed by atoms with Crippen molar-refractivity contribution in [3.05, 3.63) is 63.6 Å². The molecular formula is C15H12ClFN2S. The summed E-state index contributed by atoms with van der Waals surface area (Å²) in [5.74, 6) is -0.211. The first kappa shape index (κ1) is 13.3. The molecule has 102 valence electrons. The normalized spacial score (nSPS) is 11.1. The second-order valence-electron chi connectivity index (χ2n) is 4.62. The van der Waals surface area contributed by atoms with Gasteiger partial charge in [0.2, 0.25) is 0 Å². The van der Waals surface area contributed by atoms with E-state index in [0.29, 0.717) is 16.3 Å². The van der Waals surface area contributed by atoms with Gasteiger partial charge in [0.25, 0.3) is 0 Å². The average molecular weight is 307 g/mol. The Morgan fingerprint density at radius 2 is 2.05 bits per heavy atom. The first-order valence-electron chi connectivity index (χ1n) is 6.26. The topological polar surface area (TPSA) is 20.7 Å². The Bertz CT molecular complexity index is 822. The molecule has 0 aliphatic carbocycles. The molecule has 0 fully saturated rings. The first-order chi connectivity index (χ1) is 9.63. The fourth-order valence-corrected chi connectivity index (χ4v) is 2.76. The predicted octanol–water partition coefficient (Wildman–Crippen LogP) is 4.73. The van der Waals surface area contributed by atoms with Gasteiger partial charge >= 0.3 is 0 Å². The highest BCUT2D eigenvalue weighted by Gasteiger charge is 2.05. The number of hydrogen-bond donors (Lipinski definition) is 1. The van der Waals surface area contributed by atoms with E-state index in [2.05, 4.69) is 4.98 Å². The van der Waals surface area contributed by atoms with Gasteiger partial charge in [0, 0.05) is 11.6 Å². The molecule has 0 saturated carbocycles. The van der Waals surface area contributed by atoms with Crippen molar-refractivity contribution in [2.75, 3.05) is 0 Å². The summed E-state index contributed by atoms with van der Waals surface area (Å²) in [4.78, 5) is 3.13. The van der Waals surface area contributed by atoms with E-state index < -0.39 is 0 Å². The quantitative estimate of drug-likeness (QED) is 0.694. The molecule has 0 bridgehead atoms. The third kappa shape index (κ3) is 2.62. The summed E-state index contributed by atoms with van der Waals surface area (Å²) in [7, 11) is 0. The number of H-pyrrole nitrogens is 1. The van der Waals surface area contributed by atoms with Gasteiger partial charge in [0.1, 0.15) is 5.82 Å². The number of aryl methyl sites for hydroxylation is 2. The molecule has 1 N–H and O–H groups in total. The van der Waals surface area contributed by atoms with Crippen LogP contribution in [0, 0.1) is 10.6 Å². The molecular weight excluding hydrogens is 295 g/mol. The number of aromatic nitrogens is 2. The molecule has 0 spiro atoms. The molecule has 1 heterocycles. The summed E-state index contributed by atoms with van der Waals surface area (Å²) in [5, 5.41) is 0.672. The number of rotatable bonds is 3. The lowest BCUT2D eigenvalue weighted by Crippen LogP contribution is -2.01. The molecule has 0 amide bonds. The van der Waals surface area contributed by atoms with Gasteiger partial charge in [0.15, 0.2) is 4.77 Å². The number of nitrogens with zero attached hydrogens (tertiary/aromatic N) is 1. The highest BCUT2D eigenvalue weighted by molar-refractivity contribution is 7.71. The fourth-order valence-electron chi connectivity index (χ4n) is 2.29. The van der Waals surface area contributed by atoms with Crippen LogP contribution in [-0.4, -0.2) is 9.55 Å². The summed E-state index contributed by atoms with van der Waals surface area (Å²) in [6.07, 6.45) is 0.724. The highest BCUT2D eigenvalue weighted by atomic mass is 35.5. The van der Waals surface area contributed by atoms with Crippen LogP contribution in [0.25, 0.3) is 11.0 Å². The van der Waals surface area contributed by atoms with E-state index in [1.54, 1.807) is 12.1 Å². The van der Waals surface area contributed by atoms with Gasteiger partial charge in [0.05, 0.1) is 11.0 Å². The van der Waals surface area contributed by atoms with E-state index in [0.717, 1.165) is 23.0 Å². The Labute approximate surface area is 125 Å². The largest absolute Gasteiger partial charge is 0.331 e. The van der Waals surface area contributed by atoms with E-state index in [9.17, 15) is 4.39 Å². The third-order valence-corrected chi connectivity index (χ3v) is 3.81. The van der Waals surface area contributed by atoms with Crippen LogP contribution in [0.3, 0.4) is 0 Å². The number of imidazole rings is 1. The molecule has 2 aromatic carbocycles. The monoisotopic (exact) mass is 306 g/mol. The summed E-state index contributed by atoms with van der Waals surface area (Å²) in [6, 6.07) is 12.3. The number of halogens is 2. The van der Waals surface area contributed by atoms with Crippen LogP contribution in [0.15, 0.2) is 42.5 Å². The van der Waals surface area contributed by atoms with Crippen molar-refractivity contribution in [2.45, 2.75) is 13.0 Å². The molecule has 3 aromatic rings. The lowest BCUT2D eigenvalue weighted by Gasteiger charge is -2.05. The number of aromatic amines is 1. The lowest BCUT2D eigenvalue weighted by molar-refractivity contribution is 0.622. The van der Waals surface area contributed by atoms with Gasteiger partial charge in [-0.3, -0.25) is 0 Å². The van der Waals surface area contributed by atoms with E-state index in [4.69, 9.17) is 23.8 Å². The maximum Gasteiger partial charge on any atom is 0.178 e. The zero-order valence-electron chi connectivity index (χ0n) is 10.6. The van der Waals surface area contributed by atoms with Gasteiger partial charge in [-0.05, 0) is 54.5 Å². The lowest BCUT2D eigenvalue weighted by atomic mass is 10.1. The van der Waals surface area contributed by atoms with Gasteiger partial charge in [-0.15, -0.1) is 0 Å². The second-order valence-corrected chi connectivity index (χ2v) is 5.45. The molecule has 20 heavy (non-hydrogen) atoms. The molecule has 3 rings (SSSR count). The van der Waals surface area contributed by atoms with Crippen LogP contribution in [0.2, 0.25) is 5.02 Å². The fraction of sp³-hybridized carbons (Fsp3) is 0.133. The molecule has 0 radical (unpaired) electrons. The molecule has 1 aromatic heterocycles. The molecule has 5 heteroatoms. The van der Waals surface area contributed by atoms with Crippen molar-refractivity contribution >= 4 is 34.9 Å². The smallest absolute Gasteiger partial charge is 0.178 e. The van der Waals surface area contributed by atoms with Crippen LogP contribution in [0.1, 0.15) is 5.56 Å². The number of fused-ring (bicyclic) bond motifs is 1. The summed E-state index contributed by atoms with van der Waals surface area (Å²) < 4.78 is 15.8. The second kappa shape index (κ2) is 5.38. The Hall–Kier alpha value is -1.65. The van der Waals surface area contributed by atoms with E-state index in [1.807, 2.05) is 28.8 Å². The summed E-state index contributed by atoms with van der Waals surface area (Å²) in [6.45, 7) is 0.698. The van der Waals surface area contributed by atoms with Crippen molar-refractivity contribution < 1.29 is 4.39 Å². The van der Waals surface area contributed by atoms with E-state index in [-0.39, 0.29) is 5.82 Å². The van der Waals surface area contributed by atoms with E-state index >= 15 is 0 Å². The minimum atomic E-state index is -0.211. The summed E-state index contributed by atoms with van der Waals surface area (Å²) in [5.41, 5.74) is 2.88. The van der Waals surface area contributed by atoms with Crippen molar-refractivity contribution in [3.63, 3.8) is 0 Å². The Balaban J connectivity index is 1.91. The zero-order chi connectivity index (χ0) is 14.1. The number of benzene rings is 2. The average Bonchev–Trinajstić information content (AvgIpc) is 2.71. The third-order valence-electron chi connectivity index (χ3n) is 3.25. The molecule has 0 atom stereocenters. The standard InChI is InChI=1S/C15H12ClFN2S/c16-11-4-5-14-13(9-11)18-15(20)19(14)7-6-10-2-1-3-12(17)8-10/h1-5,8-9H,6-7H2,(H,18,20). The molecule has 0 aliphatic heterocycles. The van der Waals surface area contributed by atoms with Crippen molar-refractivity contribution in [2.24, 2.45) is 0 Å².